The van der Waals surface area contributed by atoms with Gasteiger partial charge in [0.15, 0.2) is 11.5 Å². The number of carbonyl (C=O) groups is 1. The van der Waals surface area contributed by atoms with Crippen LogP contribution in [-0.4, -0.2) is 12.5 Å². The minimum atomic E-state index is -0.517. The van der Waals surface area contributed by atoms with Crippen LogP contribution >= 0.6 is 23.2 Å². The van der Waals surface area contributed by atoms with E-state index in [-0.39, 0.29) is 17.2 Å². The number of ether oxygens (including phenoxy) is 2. The van der Waals surface area contributed by atoms with E-state index in [1.165, 1.54) is 6.08 Å². The highest BCUT2D eigenvalue weighted by Gasteiger charge is 2.15. The second kappa shape index (κ2) is 11.4. The summed E-state index contributed by atoms with van der Waals surface area (Å²) in [4.78, 5) is 12.6. The number of nitrogens with one attached hydrogen (secondary N) is 1. The molecule has 0 bridgehead atoms. The number of benzene rings is 3. The Morgan fingerprint density at radius 2 is 1.85 bits per heavy atom. The van der Waals surface area contributed by atoms with Crippen molar-refractivity contribution in [3.05, 3.63) is 93.0 Å². The fourth-order valence-corrected chi connectivity index (χ4v) is 3.54. The van der Waals surface area contributed by atoms with Crippen LogP contribution in [0.4, 0.5) is 5.69 Å². The smallest absolute Gasteiger partial charge is 0.266 e. The molecule has 5 nitrogen and oxygen atoms in total. The normalized spacial score (nSPS) is 10.9. The first-order valence-electron chi connectivity index (χ1n) is 10.2. The Kier molecular flexibility index (Phi) is 8.37. The van der Waals surface area contributed by atoms with Crippen LogP contribution in [0.25, 0.3) is 6.08 Å². The predicted molar refractivity (Wildman–Crippen MR) is 132 cm³/mol. The van der Waals surface area contributed by atoms with Gasteiger partial charge in [-0.05, 0) is 61.4 Å². The van der Waals surface area contributed by atoms with Crippen LogP contribution in [0.1, 0.15) is 23.6 Å². The largest absolute Gasteiger partial charge is 0.490 e. The van der Waals surface area contributed by atoms with Crippen molar-refractivity contribution < 1.29 is 14.3 Å². The fraction of sp³-hybridized carbons (Fsp3) is 0.154. The third-order valence-corrected chi connectivity index (χ3v) is 5.26. The van der Waals surface area contributed by atoms with Crippen LogP contribution in [0, 0.1) is 18.3 Å². The second-order valence-electron chi connectivity index (χ2n) is 7.14. The molecule has 0 radical (unpaired) electrons. The average molecular weight is 481 g/mol. The molecule has 0 heterocycles. The van der Waals surface area contributed by atoms with Gasteiger partial charge in [0, 0.05) is 16.3 Å². The van der Waals surface area contributed by atoms with Gasteiger partial charge in [-0.1, -0.05) is 53.5 Å². The summed E-state index contributed by atoms with van der Waals surface area (Å²) in [6.45, 7) is 4.34. The molecule has 0 aliphatic carbocycles. The maximum Gasteiger partial charge on any atom is 0.266 e. The average Bonchev–Trinajstić information content (AvgIpc) is 2.78. The summed E-state index contributed by atoms with van der Waals surface area (Å²) in [7, 11) is 0. The molecule has 0 unspecified atom stereocenters. The Labute approximate surface area is 203 Å². The third kappa shape index (κ3) is 6.52. The van der Waals surface area contributed by atoms with Crippen molar-refractivity contribution in [3.8, 4) is 17.6 Å². The van der Waals surface area contributed by atoms with E-state index in [9.17, 15) is 10.1 Å². The van der Waals surface area contributed by atoms with E-state index < -0.39 is 5.91 Å². The highest BCUT2D eigenvalue weighted by molar-refractivity contribution is 6.32. The molecule has 0 aromatic heterocycles. The number of nitrogens with zero attached hydrogens (tertiary/aromatic N) is 1. The van der Waals surface area contributed by atoms with Crippen molar-refractivity contribution in [1.29, 1.82) is 5.26 Å². The Hall–Kier alpha value is -3.46. The molecule has 3 aromatic rings. The van der Waals surface area contributed by atoms with Crippen LogP contribution in [0.2, 0.25) is 10.0 Å². The lowest BCUT2D eigenvalue weighted by Crippen LogP contribution is -2.13. The molecule has 168 valence electrons. The van der Waals surface area contributed by atoms with Crippen LogP contribution in [0.15, 0.2) is 66.2 Å². The van der Waals surface area contributed by atoms with E-state index >= 15 is 0 Å². The first-order valence-corrected chi connectivity index (χ1v) is 11.0. The molecule has 7 heteroatoms. The standard InChI is InChI=1S/C26H22Cl2N2O3/c1-3-32-24-14-18(12-20(15-29)26(31)30-21-9-6-7-17(2)11-21)13-23(28)25(24)33-16-19-8-4-5-10-22(19)27/h4-14H,3,16H2,1-2H3,(H,30,31)/b20-12+. The first kappa shape index (κ1) is 24.2. The zero-order valence-corrected chi connectivity index (χ0v) is 19.7. The summed E-state index contributed by atoms with van der Waals surface area (Å²) >= 11 is 12.7. The van der Waals surface area contributed by atoms with Gasteiger partial charge in [0.05, 0.1) is 11.6 Å². The molecule has 0 saturated carbocycles. The SMILES string of the molecule is CCOc1cc(/C=C(\C#N)C(=O)Nc2cccc(C)c2)cc(Cl)c1OCc1ccccc1Cl. The van der Waals surface area contributed by atoms with Gasteiger partial charge in [0.2, 0.25) is 0 Å². The van der Waals surface area contributed by atoms with Crippen molar-refractivity contribution >= 4 is 40.9 Å². The summed E-state index contributed by atoms with van der Waals surface area (Å²) < 4.78 is 11.6. The number of hydrogen-bond acceptors (Lipinski definition) is 4. The highest BCUT2D eigenvalue weighted by atomic mass is 35.5. The lowest BCUT2D eigenvalue weighted by molar-refractivity contribution is -0.112. The van der Waals surface area contributed by atoms with E-state index in [2.05, 4.69) is 5.32 Å². The number of amides is 1. The van der Waals surface area contributed by atoms with E-state index in [1.807, 2.05) is 56.3 Å². The van der Waals surface area contributed by atoms with Gasteiger partial charge in [-0.15, -0.1) is 0 Å². The minimum absolute atomic E-state index is 0.0697. The number of aryl methyl sites for hydroxylation is 1. The molecule has 3 rings (SSSR count). The van der Waals surface area contributed by atoms with Crippen molar-refractivity contribution in [3.63, 3.8) is 0 Å². The zero-order valence-electron chi connectivity index (χ0n) is 18.2. The number of anilines is 1. The van der Waals surface area contributed by atoms with Crippen LogP contribution in [0.5, 0.6) is 11.5 Å². The number of halogens is 2. The highest BCUT2D eigenvalue weighted by Crippen LogP contribution is 2.38. The van der Waals surface area contributed by atoms with Crippen molar-refractivity contribution in [2.24, 2.45) is 0 Å². The predicted octanol–water partition coefficient (Wildman–Crippen LogP) is 6.83. The Bertz CT molecular complexity index is 1230. The second-order valence-corrected chi connectivity index (χ2v) is 7.95. The van der Waals surface area contributed by atoms with Gasteiger partial charge in [-0.25, -0.2) is 0 Å². The molecule has 1 amide bonds. The minimum Gasteiger partial charge on any atom is -0.490 e. The molecule has 3 aromatic carbocycles. The molecule has 0 aliphatic rings. The molecule has 1 N–H and O–H groups in total. The summed E-state index contributed by atoms with van der Waals surface area (Å²) in [5, 5.41) is 13.2. The van der Waals surface area contributed by atoms with Gasteiger partial charge in [0.1, 0.15) is 18.2 Å². The molecule has 0 spiro atoms. The summed E-state index contributed by atoms with van der Waals surface area (Å²) in [5.41, 5.74) is 2.87. The molecule has 0 aliphatic heterocycles. The quantitative estimate of drug-likeness (QED) is 0.283. The first-order chi connectivity index (χ1) is 15.9. The Morgan fingerprint density at radius 3 is 2.55 bits per heavy atom. The maximum absolute atomic E-state index is 12.6. The van der Waals surface area contributed by atoms with Crippen molar-refractivity contribution in [2.45, 2.75) is 20.5 Å². The van der Waals surface area contributed by atoms with Crippen LogP contribution in [-0.2, 0) is 11.4 Å². The Balaban J connectivity index is 1.86. The van der Waals surface area contributed by atoms with Crippen molar-refractivity contribution in [1.82, 2.24) is 0 Å². The van der Waals surface area contributed by atoms with Gasteiger partial charge in [-0.2, -0.15) is 5.26 Å². The number of rotatable bonds is 8. The number of hydrogen-bond donors (Lipinski definition) is 1. The van der Waals surface area contributed by atoms with Crippen LogP contribution < -0.4 is 14.8 Å². The van der Waals surface area contributed by atoms with Gasteiger partial charge >= 0.3 is 0 Å². The zero-order chi connectivity index (χ0) is 23.8. The van der Waals surface area contributed by atoms with Crippen LogP contribution in [0.3, 0.4) is 0 Å². The third-order valence-electron chi connectivity index (χ3n) is 4.61. The monoisotopic (exact) mass is 480 g/mol. The molecule has 0 fully saturated rings. The topological polar surface area (TPSA) is 71.3 Å². The van der Waals surface area contributed by atoms with Gasteiger partial charge < -0.3 is 14.8 Å². The van der Waals surface area contributed by atoms with E-state index in [0.717, 1.165) is 11.1 Å². The lowest BCUT2D eigenvalue weighted by Gasteiger charge is -2.15. The summed E-state index contributed by atoms with van der Waals surface area (Å²) in [5.74, 6) is 0.245. The molecular formula is C26H22Cl2N2O3. The lowest BCUT2D eigenvalue weighted by atomic mass is 10.1. The Morgan fingerprint density at radius 1 is 1.06 bits per heavy atom. The molecular weight excluding hydrogens is 459 g/mol. The maximum atomic E-state index is 12.6. The summed E-state index contributed by atoms with van der Waals surface area (Å²) in [6.07, 6.45) is 1.46. The van der Waals surface area contributed by atoms with E-state index in [0.29, 0.717) is 34.4 Å². The number of nitriles is 1. The molecule has 0 saturated heterocycles. The van der Waals surface area contributed by atoms with E-state index in [1.54, 1.807) is 24.3 Å². The summed E-state index contributed by atoms with van der Waals surface area (Å²) in [6, 6.07) is 19.9. The molecule has 33 heavy (non-hydrogen) atoms. The van der Waals surface area contributed by atoms with Gasteiger partial charge in [-0.3, -0.25) is 4.79 Å². The van der Waals surface area contributed by atoms with Gasteiger partial charge in [0.25, 0.3) is 5.91 Å². The van der Waals surface area contributed by atoms with E-state index in [4.69, 9.17) is 32.7 Å². The number of carbonyl (C=O) groups excluding carboxylic acids is 1. The van der Waals surface area contributed by atoms with Crippen molar-refractivity contribution in [2.75, 3.05) is 11.9 Å². The fourth-order valence-electron chi connectivity index (χ4n) is 3.08. The molecule has 0 atom stereocenters.